The molecule has 0 aliphatic carbocycles. The number of rotatable bonds is 6. The van der Waals surface area contributed by atoms with Crippen molar-refractivity contribution in [2.24, 2.45) is 0 Å². The Morgan fingerprint density at radius 3 is 2.50 bits per heavy atom. The monoisotopic (exact) mass is 402 g/mol. The van der Waals surface area contributed by atoms with Crippen LogP contribution in [0.3, 0.4) is 0 Å². The first kappa shape index (κ1) is 19.9. The molecule has 1 aromatic carbocycles. The fraction of sp³-hybridized carbons (Fsp3) is 0.368. The van der Waals surface area contributed by atoms with Crippen LogP contribution in [0.2, 0.25) is 0 Å². The number of hydrogen-bond donors (Lipinski definition) is 2. The molecular weight excluding hydrogens is 380 g/mol. The molecule has 3 rings (SSSR count). The second kappa shape index (κ2) is 8.47. The average molecular weight is 402 g/mol. The van der Waals surface area contributed by atoms with Crippen LogP contribution in [0.15, 0.2) is 42.9 Å². The molecule has 1 saturated heterocycles. The molecule has 0 bridgehead atoms. The van der Waals surface area contributed by atoms with Crippen LogP contribution in [-0.4, -0.2) is 53.8 Å². The number of aromatic nitrogens is 2. The standard InChI is InChI=1S/C19H22N4O4S/c1-13-4-2-3-5-15(13)19(25)23-17-12-28(26,27)11-16(17)22-18(24)7-6-14-10-20-8-9-21-14/h2-5,8-10,16-17H,6-7,11-12H2,1H3,(H,22,24)(H,23,25)/t16-,17-/m1/s1. The highest BCUT2D eigenvalue weighted by molar-refractivity contribution is 7.91. The normalized spacial score (nSPS) is 20.5. The second-order valence-corrected chi connectivity index (χ2v) is 9.00. The highest BCUT2D eigenvalue weighted by Gasteiger charge is 2.39. The molecule has 2 heterocycles. The van der Waals surface area contributed by atoms with Crippen LogP contribution >= 0.6 is 0 Å². The first-order valence-corrected chi connectivity index (χ1v) is 10.8. The summed E-state index contributed by atoms with van der Waals surface area (Å²) in [6.07, 6.45) is 5.24. The Morgan fingerprint density at radius 2 is 1.82 bits per heavy atom. The van der Waals surface area contributed by atoms with Crippen molar-refractivity contribution in [1.29, 1.82) is 0 Å². The lowest BCUT2D eigenvalue weighted by atomic mass is 10.1. The summed E-state index contributed by atoms with van der Waals surface area (Å²) < 4.78 is 24.2. The van der Waals surface area contributed by atoms with Gasteiger partial charge in [0.15, 0.2) is 9.84 Å². The molecule has 8 nitrogen and oxygen atoms in total. The van der Waals surface area contributed by atoms with Gasteiger partial charge in [-0.3, -0.25) is 19.6 Å². The number of aryl methyl sites for hydroxylation is 2. The molecule has 0 unspecified atom stereocenters. The summed E-state index contributed by atoms with van der Waals surface area (Å²) in [7, 11) is -3.35. The van der Waals surface area contributed by atoms with Crippen molar-refractivity contribution in [2.45, 2.75) is 31.8 Å². The van der Waals surface area contributed by atoms with Gasteiger partial charge in [-0.1, -0.05) is 18.2 Å². The maximum absolute atomic E-state index is 12.5. The molecule has 0 radical (unpaired) electrons. The third-order valence-electron chi connectivity index (χ3n) is 4.63. The predicted octanol–water partition coefficient (Wildman–Crippen LogP) is 0.429. The van der Waals surface area contributed by atoms with Crippen molar-refractivity contribution in [3.8, 4) is 0 Å². The van der Waals surface area contributed by atoms with Gasteiger partial charge in [0.25, 0.3) is 5.91 Å². The first-order chi connectivity index (χ1) is 13.3. The summed E-state index contributed by atoms with van der Waals surface area (Å²) in [5, 5.41) is 5.51. The lowest BCUT2D eigenvalue weighted by Gasteiger charge is -2.21. The lowest BCUT2D eigenvalue weighted by molar-refractivity contribution is -0.121. The van der Waals surface area contributed by atoms with E-state index in [1.165, 1.54) is 0 Å². The molecule has 1 aliphatic heterocycles. The highest BCUT2D eigenvalue weighted by Crippen LogP contribution is 2.15. The van der Waals surface area contributed by atoms with E-state index in [4.69, 9.17) is 0 Å². The quantitative estimate of drug-likeness (QED) is 0.723. The Morgan fingerprint density at radius 1 is 1.11 bits per heavy atom. The second-order valence-electron chi connectivity index (χ2n) is 6.84. The van der Waals surface area contributed by atoms with Crippen LogP contribution in [0.1, 0.15) is 28.0 Å². The number of carbonyl (C=O) groups is 2. The van der Waals surface area contributed by atoms with Crippen LogP contribution in [0.4, 0.5) is 0 Å². The molecule has 9 heteroatoms. The molecule has 0 saturated carbocycles. The van der Waals surface area contributed by atoms with Gasteiger partial charge in [-0.15, -0.1) is 0 Å². The van der Waals surface area contributed by atoms with E-state index in [1.54, 1.807) is 30.7 Å². The van der Waals surface area contributed by atoms with Gasteiger partial charge in [0, 0.05) is 30.6 Å². The molecule has 2 aromatic rings. The van der Waals surface area contributed by atoms with E-state index in [2.05, 4.69) is 20.6 Å². The lowest BCUT2D eigenvalue weighted by Crippen LogP contribution is -2.51. The largest absolute Gasteiger partial charge is 0.350 e. The Kier molecular flexibility index (Phi) is 6.03. The van der Waals surface area contributed by atoms with Crippen molar-refractivity contribution >= 4 is 21.7 Å². The van der Waals surface area contributed by atoms with Gasteiger partial charge in [-0.25, -0.2) is 8.42 Å². The molecule has 1 aliphatic rings. The minimum atomic E-state index is -3.35. The Hall–Kier alpha value is -2.81. The number of benzene rings is 1. The predicted molar refractivity (Wildman–Crippen MR) is 103 cm³/mol. The summed E-state index contributed by atoms with van der Waals surface area (Å²) in [5.41, 5.74) is 1.96. The smallest absolute Gasteiger partial charge is 0.251 e. The third kappa shape index (κ3) is 5.13. The van der Waals surface area contributed by atoms with E-state index in [-0.39, 0.29) is 29.7 Å². The van der Waals surface area contributed by atoms with Crippen LogP contribution < -0.4 is 10.6 Å². The average Bonchev–Trinajstić information content (AvgIpc) is 2.94. The number of sulfone groups is 1. The van der Waals surface area contributed by atoms with Gasteiger partial charge in [0.2, 0.25) is 5.91 Å². The third-order valence-corrected chi connectivity index (χ3v) is 6.36. The molecule has 1 aromatic heterocycles. The zero-order chi connectivity index (χ0) is 20.1. The van der Waals surface area contributed by atoms with Gasteiger partial charge in [-0.05, 0) is 25.0 Å². The summed E-state index contributed by atoms with van der Waals surface area (Å²) in [5.74, 6) is -1.02. The van der Waals surface area contributed by atoms with E-state index in [9.17, 15) is 18.0 Å². The molecule has 2 N–H and O–H groups in total. The van der Waals surface area contributed by atoms with Crippen molar-refractivity contribution in [1.82, 2.24) is 20.6 Å². The fourth-order valence-corrected chi connectivity index (χ4v) is 5.05. The van der Waals surface area contributed by atoms with Crippen LogP contribution in [0.25, 0.3) is 0 Å². The number of hydrogen-bond acceptors (Lipinski definition) is 6. The molecule has 0 spiro atoms. The molecular formula is C19H22N4O4S. The number of amides is 2. The highest BCUT2D eigenvalue weighted by atomic mass is 32.2. The van der Waals surface area contributed by atoms with Crippen molar-refractivity contribution in [3.05, 3.63) is 59.7 Å². The van der Waals surface area contributed by atoms with Gasteiger partial charge in [0.1, 0.15) is 0 Å². The van der Waals surface area contributed by atoms with Crippen molar-refractivity contribution in [3.63, 3.8) is 0 Å². The Balaban J connectivity index is 1.62. The number of carbonyl (C=O) groups excluding carboxylic acids is 2. The van der Waals surface area contributed by atoms with Crippen LogP contribution in [0, 0.1) is 6.92 Å². The zero-order valence-corrected chi connectivity index (χ0v) is 16.3. The van der Waals surface area contributed by atoms with E-state index >= 15 is 0 Å². The van der Waals surface area contributed by atoms with Gasteiger partial charge >= 0.3 is 0 Å². The van der Waals surface area contributed by atoms with Gasteiger partial charge in [-0.2, -0.15) is 0 Å². The SMILES string of the molecule is Cc1ccccc1C(=O)N[C@@H]1CS(=O)(=O)C[C@H]1NC(=O)CCc1cnccn1. The summed E-state index contributed by atoms with van der Waals surface area (Å²) in [6.45, 7) is 1.81. The van der Waals surface area contributed by atoms with E-state index in [0.29, 0.717) is 17.7 Å². The van der Waals surface area contributed by atoms with Gasteiger partial charge < -0.3 is 10.6 Å². The maximum atomic E-state index is 12.5. The van der Waals surface area contributed by atoms with Crippen LogP contribution in [-0.2, 0) is 21.1 Å². The van der Waals surface area contributed by atoms with Crippen molar-refractivity contribution < 1.29 is 18.0 Å². The van der Waals surface area contributed by atoms with Crippen LogP contribution in [0.5, 0.6) is 0 Å². The minimum absolute atomic E-state index is 0.160. The molecule has 2 atom stereocenters. The fourth-order valence-electron chi connectivity index (χ4n) is 3.19. The summed E-state index contributed by atoms with van der Waals surface area (Å²) in [6, 6.07) is 5.74. The number of nitrogens with zero attached hydrogens (tertiary/aromatic N) is 2. The first-order valence-electron chi connectivity index (χ1n) is 8.95. The van der Waals surface area contributed by atoms with E-state index in [1.807, 2.05) is 19.1 Å². The number of nitrogens with one attached hydrogen (secondary N) is 2. The molecule has 148 valence electrons. The summed E-state index contributed by atoms with van der Waals surface area (Å²) >= 11 is 0. The topological polar surface area (TPSA) is 118 Å². The summed E-state index contributed by atoms with van der Waals surface area (Å²) in [4.78, 5) is 32.9. The van der Waals surface area contributed by atoms with Gasteiger partial charge in [0.05, 0.1) is 29.3 Å². The zero-order valence-electron chi connectivity index (χ0n) is 15.5. The van der Waals surface area contributed by atoms with E-state index in [0.717, 1.165) is 5.56 Å². The molecule has 28 heavy (non-hydrogen) atoms. The maximum Gasteiger partial charge on any atom is 0.251 e. The Labute approximate surface area is 163 Å². The Bertz CT molecular complexity index is 963. The minimum Gasteiger partial charge on any atom is -0.350 e. The molecule has 2 amide bonds. The van der Waals surface area contributed by atoms with E-state index < -0.39 is 21.9 Å². The van der Waals surface area contributed by atoms with Crippen molar-refractivity contribution in [2.75, 3.05) is 11.5 Å². The molecule has 1 fully saturated rings.